The first kappa shape index (κ1) is 11.1. The van der Waals surface area contributed by atoms with E-state index in [-0.39, 0.29) is 11.0 Å². The number of hydrogen-bond acceptors (Lipinski definition) is 4. The zero-order chi connectivity index (χ0) is 11.5. The minimum absolute atomic E-state index is 0.0135. The van der Waals surface area contributed by atoms with Crippen LogP contribution in [0.15, 0.2) is 6.07 Å². The highest BCUT2D eigenvalue weighted by molar-refractivity contribution is 6.28. The Morgan fingerprint density at radius 3 is 2.62 bits per heavy atom. The van der Waals surface area contributed by atoms with Crippen LogP contribution in [0.25, 0.3) is 0 Å². The Labute approximate surface area is 98.1 Å². The molecule has 1 aliphatic heterocycles. The van der Waals surface area contributed by atoms with Crippen LogP contribution in [0.4, 0.5) is 5.82 Å². The molecule has 0 radical (unpaired) electrons. The highest BCUT2D eigenvalue weighted by Gasteiger charge is 2.16. The van der Waals surface area contributed by atoms with Crippen molar-refractivity contribution in [3.05, 3.63) is 17.0 Å². The number of carboxylic acids is 1. The summed E-state index contributed by atoms with van der Waals surface area (Å²) in [5.41, 5.74) is -0.0550. The first-order valence-corrected chi connectivity index (χ1v) is 5.57. The summed E-state index contributed by atoms with van der Waals surface area (Å²) < 4.78 is 0. The number of carboxylic acid groups (broad SMARTS) is 1. The molecule has 0 amide bonds. The van der Waals surface area contributed by atoms with Gasteiger partial charge in [0.2, 0.25) is 5.28 Å². The van der Waals surface area contributed by atoms with Crippen molar-refractivity contribution in [2.75, 3.05) is 18.0 Å². The Kier molecular flexibility index (Phi) is 3.24. The predicted octanol–water partition coefficient (Wildman–Crippen LogP) is 1.82. The molecular formula is C10H12ClN3O2. The van der Waals surface area contributed by atoms with E-state index in [9.17, 15) is 4.79 Å². The van der Waals surface area contributed by atoms with Gasteiger partial charge in [0.1, 0.15) is 5.82 Å². The van der Waals surface area contributed by atoms with Crippen molar-refractivity contribution >= 4 is 23.4 Å². The molecule has 0 spiro atoms. The van der Waals surface area contributed by atoms with Crippen LogP contribution in [0.1, 0.15) is 29.8 Å². The van der Waals surface area contributed by atoms with Crippen LogP contribution in [-0.4, -0.2) is 34.1 Å². The highest BCUT2D eigenvalue weighted by atomic mass is 35.5. The molecular weight excluding hydrogens is 230 g/mol. The average molecular weight is 242 g/mol. The van der Waals surface area contributed by atoms with Crippen LogP contribution in [0.5, 0.6) is 0 Å². The average Bonchev–Trinajstić information content (AvgIpc) is 2.29. The number of aromatic nitrogens is 2. The summed E-state index contributed by atoms with van der Waals surface area (Å²) in [4.78, 5) is 20.6. The maximum Gasteiger partial charge on any atom is 0.354 e. The van der Waals surface area contributed by atoms with Crippen LogP contribution in [0.3, 0.4) is 0 Å². The molecule has 16 heavy (non-hydrogen) atoms. The Morgan fingerprint density at radius 2 is 2.00 bits per heavy atom. The molecule has 2 rings (SSSR count). The van der Waals surface area contributed by atoms with Crippen molar-refractivity contribution in [3.8, 4) is 0 Å². The van der Waals surface area contributed by atoms with E-state index in [0.717, 1.165) is 25.9 Å². The van der Waals surface area contributed by atoms with Gasteiger partial charge in [0, 0.05) is 19.2 Å². The fourth-order valence-electron chi connectivity index (χ4n) is 1.80. The fourth-order valence-corrected chi connectivity index (χ4v) is 1.98. The van der Waals surface area contributed by atoms with E-state index < -0.39 is 5.97 Å². The Hall–Kier alpha value is -1.36. The topological polar surface area (TPSA) is 66.3 Å². The summed E-state index contributed by atoms with van der Waals surface area (Å²) in [7, 11) is 0. The lowest BCUT2D eigenvalue weighted by Crippen LogP contribution is -2.30. The molecule has 1 fully saturated rings. The largest absolute Gasteiger partial charge is 0.477 e. The lowest BCUT2D eigenvalue weighted by Gasteiger charge is -2.27. The smallest absolute Gasteiger partial charge is 0.354 e. The summed E-state index contributed by atoms with van der Waals surface area (Å²) in [5, 5.41) is 8.85. The van der Waals surface area contributed by atoms with Crippen LogP contribution in [-0.2, 0) is 0 Å². The molecule has 0 atom stereocenters. The molecule has 2 heterocycles. The Bertz CT molecular complexity index is 405. The molecule has 1 aromatic heterocycles. The van der Waals surface area contributed by atoms with Gasteiger partial charge in [-0.25, -0.2) is 14.8 Å². The van der Waals surface area contributed by atoms with Gasteiger partial charge in [-0.1, -0.05) is 0 Å². The van der Waals surface area contributed by atoms with E-state index >= 15 is 0 Å². The zero-order valence-electron chi connectivity index (χ0n) is 8.69. The second-order valence-electron chi connectivity index (χ2n) is 3.73. The normalized spacial score (nSPS) is 16.2. The van der Waals surface area contributed by atoms with Gasteiger partial charge in [-0.05, 0) is 30.9 Å². The lowest BCUT2D eigenvalue weighted by atomic mass is 10.1. The molecule has 5 nitrogen and oxygen atoms in total. The van der Waals surface area contributed by atoms with E-state index in [1.54, 1.807) is 0 Å². The van der Waals surface area contributed by atoms with Gasteiger partial charge in [-0.2, -0.15) is 0 Å². The summed E-state index contributed by atoms with van der Waals surface area (Å²) in [6.07, 6.45) is 3.41. The second kappa shape index (κ2) is 4.65. The molecule has 0 unspecified atom stereocenters. The second-order valence-corrected chi connectivity index (χ2v) is 4.07. The molecule has 0 aliphatic carbocycles. The third-order valence-electron chi connectivity index (χ3n) is 2.58. The van der Waals surface area contributed by atoms with Gasteiger partial charge in [0.25, 0.3) is 0 Å². The molecule has 1 aromatic rings. The van der Waals surface area contributed by atoms with Gasteiger partial charge in [-0.3, -0.25) is 0 Å². The molecule has 0 saturated carbocycles. The van der Waals surface area contributed by atoms with E-state index in [1.165, 1.54) is 12.5 Å². The van der Waals surface area contributed by atoms with Gasteiger partial charge < -0.3 is 10.0 Å². The number of halogens is 1. The molecule has 1 N–H and O–H groups in total. The van der Waals surface area contributed by atoms with Crippen LogP contribution < -0.4 is 4.90 Å². The molecule has 86 valence electrons. The van der Waals surface area contributed by atoms with Crippen molar-refractivity contribution < 1.29 is 9.90 Å². The number of hydrogen-bond donors (Lipinski definition) is 1. The zero-order valence-corrected chi connectivity index (χ0v) is 9.44. The number of carbonyl (C=O) groups is 1. The van der Waals surface area contributed by atoms with Gasteiger partial charge in [0.15, 0.2) is 5.69 Å². The summed E-state index contributed by atoms with van der Waals surface area (Å²) in [5.74, 6) is -0.473. The number of piperidine rings is 1. The summed E-state index contributed by atoms with van der Waals surface area (Å²) in [6, 6.07) is 1.47. The minimum Gasteiger partial charge on any atom is -0.477 e. The van der Waals surface area contributed by atoms with E-state index in [2.05, 4.69) is 9.97 Å². The lowest BCUT2D eigenvalue weighted by molar-refractivity contribution is 0.0690. The summed E-state index contributed by atoms with van der Waals surface area (Å²) in [6.45, 7) is 1.79. The van der Waals surface area contributed by atoms with Crippen LogP contribution >= 0.6 is 11.6 Å². The molecule has 1 saturated heterocycles. The van der Waals surface area contributed by atoms with Crippen LogP contribution in [0, 0.1) is 0 Å². The Balaban J connectivity index is 2.28. The maximum absolute atomic E-state index is 10.8. The SMILES string of the molecule is O=C(O)c1cc(N2CCCCC2)nc(Cl)n1. The van der Waals surface area contributed by atoms with Gasteiger partial charge in [0.05, 0.1) is 0 Å². The quantitative estimate of drug-likeness (QED) is 0.800. The summed E-state index contributed by atoms with van der Waals surface area (Å²) >= 11 is 5.70. The monoisotopic (exact) mass is 241 g/mol. The molecule has 6 heteroatoms. The van der Waals surface area contributed by atoms with E-state index in [0.29, 0.717) is 5.82 Å². The standard InChI is InChI=1S/C10H12ClN3O2/c11-10-12-7(9(15)16)6-8(13-10)14-4-2-1-3-5-14/h6H,1-5H2,(H,15,16). The van der Waals surface area contributed by atoms with Crippen molar-refractivity contribution in [1.82, 2.24) is 9.97 Å². The van der Waals surface area contributed by atoms with Crippen molar-refractivity contribution in [1.29, 1.82) is 0 Å². The van der Waals surface area contributed by atoms with E-state index in [4.69, 9.17) is 16.7 Å². The third-order valence-corrected chi connectivity index (χ3v) is 2.75. The van der Waals surface area contributed by atoms with Crippen molar-refractivity contribution in [3.63, 3.8) is 0 Å². The first-order valence-electron chi connectivity index (χ1n) is 5.19. The molecule has 0 aromatic carbocycles. The van der Waals surface area contributed by atoms with Gasteiger partial charge in [-0.15, -0.1) is 0 Å². The fraction of sp³-hybridized carbons (Fsp3) is 0.500. The highest BCUT2D eigenvalue weighted by Crippen LogP contribution is 2.19. The number of aromatic carboxylic acids is 1. The molecule has 0 bridgehead atoms. The van der Waals surface area contributed by atoms with Gasteiger partial charge >= 0.3 is 5.97 Å². The number of nitrogens with zero attached hydrogens (tertiary/aromatic N) is 3. The predicted molar refractivity (Wildman–Crippen MR) is 60.1 cm³/mol. The third kappa shape index (κ3) is 2.41. The van der Waals surface area contributed by atoms with E-state index in [1.807, 2.05) is 4.90 Å². The number of anilines is 1. The molecule has 1 aliphatic rings. The van der Waals surface area contributed by atoms with Crippen molar-refractivity contribution in [2.45, 2.75) is 19.3 Å². The maximum atomic E-state index is 10.8. The minimum atomic E-state index is -1.08. The van der Waals surface area contributed by atoms with Crippen LogP contribution in [0.2, 0.25) is 5.28 Å². The number of rotatable bonds is 2. The Morgan fingerprint density at radius 1 is 1.31 bits per heavy atom. The first-order chi connectivity index (χ1) is 7.66. The van der Waals surface area contributed by atoms with Crippen molar-refractivity contribution in [2.24, 2.45) is 0 Å².